The molecule has 3 atom stereocenters. The molecule has 0 saturated heterocycles. The molecule has 0 fully saturated rings. The van der Waals surface area contributed by atoms with Crippen LogP contribution in [0.1, 0.15) is 29.8 Å². The molecule has 1 N–H and O–H groups in total. The van der Waals surface area contributed by atoms with Gasteiger partial charge in [0.05, 0.1) is 36.1 Å². The Labute approximate surface area is 252 Å². The van der Waals surface area contributed by atoms with Crippen LogP contribution in [0.2, 0.25) is 0 Å². The highest BCUT2D eigenvalue weighted by atomic mass is 32.2. The number of likely N-dealkylation sites (N-methyl/N-ethyl adjacent to an activating group) is 1. The number of carbonyl (C=O) groups is 2. The molecule has 2 heterocycles. The van der Waals surface area contributed by atoms with E-state index >= 15 is 0 Å². The fourth-order valence-electron chi connectivity index (χ4n) is 4.95. The number of pyridine rings is 1. The van der Waals surface area contributed by atoms with Gasteiger partial charge in [0.1, 0.15) is 18.1 Å². The number of hydrogen-bond donors (Lipinski definition) is 1. The van der Waals surface area contributed by atoms with Crippen LogP contribution in [-0.2, 0) is 26.0 Å². The number of methoxy groups -OCH3 is 2. The van der Waals surface area contributed by atoms with Crippen molar-refractivity contribution in [3.05, 3.63) is 78.1 Å². The second-order valence-corrected chi connectivity index (χ2v) is 12.4. The first kappa shape index (κ1) is 31.8. The number of hydrogen-bond acceptors (Lipinski definition) is 8. The summed E-state index contributed by atoms with van der Waals surface area (Å²) in [5.74, 6) is 0.129. The lowest BCUT2D eigenvalue weighted by Crippen LogP contribution is -2.49. The molecule has 4 rings (SSSR count). The Kier molecular flexibility index (Phi) is 10.3. The summed E-state index contributed by atoms with van der Waals surface area (Å²) in [6, 6.07) is 14.0. The van der Waals surface area contributed by atoms with Gasteiger partial charge in [-0.15, -0.1) is 0 Å². The Bertz CT molecular complexity index is 1530. The molecular weight excluding hydrogens is 572 g/mol. The molecular formula is C31H38N4O7S. The predicted molar refractivity (Wildman–Crippen MR) is 162 cm³/mol. The number of nitrogens with one attached hydrogen (secondary N) is 1. The molecule has 1 aliphatic heterocycles. The number of fused-ring (bicyclic) bond motifs is 1. The fraction of sp³-hybridized carbons (Fsp3) is 0.387. The molecule has 0 spiro atoms. The number of sulfonamides is 1. The Hall–Kier alpha value is -4.16. The molecule has 43 heavy (non-hydrogen) atoms. The average Bonchev–Trinajstić information content (AvgIpc) is 3.00. The molecule has 0 bridgehead atoms. The minimum absolute atomic E-state index is 0.0149. The van der Waals surface area contributed by atoms with Crippen LogP contribution in [-0.4, -0.2) is 88.1 Å². The smallest absolute Gasteiger partial charge is 0.262 e. The first-order valence-electron chi connectivity index (χ1n) is 13.9. The lowest BCUT2D eigenvalue weighted by molar-refractivity contribution is -0.134. The van der Waals surface area contributed by atoms with Crippen molar-refractivity contribution in [1.29, 1.82) is 0 Å². The maximum Gasteiger partial charge on any atom is 0.262 e. The van der Waals surface area contributed by atoms with E-state index in [-0.39, 0.29) is 71.3 Å². The van der Waals surface area contributed by atoms with Crippen LogP contribution >= 0.6 is 0 Å². The van der Waals surface area contributed by atoms with Crippen LogP contribution in [0.5, 0.6) is 11.5 Å². The average molecular weight is 611 g/mol. The first-order valence-corrected chi connectivity index (χ1v) is 15.4. The minimum atomic E-state index is -3.98. The molecule has 1 aromatic heterocycles. The number of anilines is 1. The van der Waals surface area contributed by atoms with Crippen molar-refractivity contribution in [2.75, 3.05) is 45.7 Å². The summed E-state index contributed by atoms with van der Waals surface area (Å²) >= 11 is 0. The zero-order valence-corrected chi connectivity index (χ0v) is 25.8. The van der Waals surface area contributed by atoms with Crippen molar-refractivity contribution in [1.82, 2.24) is 14.8 Å². The van der Waals surface area contributed by atoms with Gasteiger partial charge in [0.15, 0.2) is 0 Å². The number of benzene rings is 2. The number of ether oxygens (including phenoxy) is 3. The molecule has 0 radical (unpaired) electrons. The van der Waals surface area contributed by atoms with Crippen LogP contribution in [0, 0.1) is 5.92 Å². The molecule has 3 aromatic rings. The summed E-state index contributed by atoms with van der Waals surface area (Å²) in [5, 5.41) is 0. The molecule has 0 unspecified atom stereocenters. The summed E-state index contributed by atoms with van der Waals surface area (Å²) < 4.78 is 45.9. The van der Waals surface area contributed by atoms with Gasteiger partial charge in [0.2, 0.25) is 5.91 Å². The molecule has 0 aliphatic carbocycles. The van der Waals surface area contributed by atoms with Gasteiger partial charge in [-0.05, 0) is 48.9 Å². The topological polar surface area (TPSA) is 127 Å². The summed E-state index contributed by atoms with van der Waals surface area (Å²) in [7, 11) is 0.709. The van der Waals surface area contributed by atoms with Crippen LogP contribution < -0.4 is 14.2 Å². The maximum atomic E-state index is 13.7. The lowest BCUT2D eigenvalue weighted by Gasteiger charge is -2.36. The van der Waals surface area contributed by atoms with Gasteiger partial charge >= 0.3 is 0 Å². The van der Waals surface area contributed by atoms with Crippen molar-refractivity contribution in [3.63, 3.8) is 0 Å². The van der Waals surface area contributed by atoms with Crippen LogP contribution in [0.25, 0.3) is 0 Å². The molecule has 11 nitrogen and oxygen atoms in total. The Morgan fingerprint density at radius 3 is 2.58 bits per heavy atom. The van der Waals surface area contributed by atoms with E-state index in [1.165, 1.54) is 36.3 Å². The van der Waals surface area contributed by atoms with Gasteiger partial charge in [-0.2, -0.15) is 0 Å². The van der Waals surface area contributed by atoms with Crippen LogP contribution in [0.3, 0.4) is 0 Å². The largest absolute Gasteiger partial charge is 0.497 e. The predicted octanol–water partition coefficient (Wildman–Crippen LogP) is 3.47. The van der Waals surface area contributed by atoms with Crippen molar-refractivity contribution in [2.45, 2.75) is 37.3 Å². The van der Waals surface area contributed by atoms with Crippen molar-refractivity contribution >= 4 is 27.5 Å². The third-order valence-corrected chi connectivity index (χ3v) is 8.83. The first-order chi connectivity index (χ1) is 20.5. The van der Waals surface area contributed by atoms with Crippen molar-refractivity contribution < 1.29 is 32.2 Å². The SMILES string of the molecule is COc1cccc(S(=O)(=O)Nc2ccc3c(c2)C(=O)N(C)C[C@@H](OC)[C@H](C)CN(C(=O)Cc2cccnc2)[C@@H](C)CO3)c1. The second kappa shape index (κ2) is 13.9. The summed E-state index contributed by atoms with van der Waals surface area (Å²) in [4.78, 5) is 34.6. The lowest BCUT2D eigenvalue weighted by atomic mass is 10.0. The number of rotatable bonds is 7. The maximum absolute atomic E-state index is 13.7. The van der Waals surface area contributed by atoms with Crippen LogP contribution in [0.4, 0.5) is 5.69 Å². The van der Waals surface area contributed by atoms with E-state index in [0.29, 0.717) is 12.3 Å². The normalized spacial score (nSPS) is 19.8. The van der Waals surface area contributed by atoms with E-state index in [4.69, 9.17) is 14.2 Å². The number of carbonyl (C=O) groups excluding carboxylic acids is 2. The monoisotopic (exact) mass is 610 g/mol. The highest BCUT2D eigenvalue weighted by Crippen LogP contribution is 2.28. The molecule has 1 aliphatic rings. The van der Waals surface area contributed by atoms with E-state index < -0.39 is 10.0 Å². The third kappa shape index (κ3) is 7.82. The van der Waals surface area contributed by atoms with E-state index in [0.717, 1.165) is 5.56 Å². The Balaban J connectivity index is 1.65. The van der Waals surface area contributed by atoms with E-state index in [2.05, 4.69) is 9.71 Å². The fourth-order valence-corrected chi connectivity index (χ4v) is 6.03. The van der Waals surface area contributed by atoms with Gasteiger partial charge in [0.25, 0.3) is 15.9 Å². The van der Waals surface area contributed by atoms with Gasteiger partial charge in [-0.1, -0.05) is 19.1 Å². The molecule has 12 heteroatoms. The van der Waals surface area contributed by atoms with Crippen molar-refractivity contribution in [3.8, 4) is 11.5 Å². The molecule has 0 saturated carbocycles. The van der Waals surface area contributed by atoms with E-state index in [1.807, 2.05) is 19.9 Å². The Morgan fingerprint density at radius 2 is 1.88 bits per heavy atom. The van der Waals surface area contributed by atoms with E-state index in [9.17, 15) is 18.0 Å². The van der Waals surface area contributed by atoms with Gasteiger partial charge in [0, 0.05) is 57.3 Å². The minimum Gasteiger partial charge on any atom is -0.497 e. The number of aromatic nitrogens is 1. The molecule has 230 valence electrons. The third-order valence-electron chi connectivity index (χ3n) is 7.45. The summed E-state index contributed by atoms with van der Waals surface area (Å²) in [6.07, 6.45) is 3.16. The molecule has 2 amide bonds. The highest BCUT2D eigenvalue weighted by molar-refractivity contribution is 7.92. The highest BCUT2D eigenvalue weighted by Gasteiger charge is 2.30. The van der Waals surface area contributed by atoms with Gasteiger partial charge in [-0.25, -0.2) is 8.42 Å². The summed E-state index contributed by atoms with van der Waals surface area (Å²) in [5.41, 5.74) is 1.18. The quantitative estimate of drug-likeness (QED) is 0.431. The number of amides is 2. The van der Waals surface area contributed by atoms with Crippen LogP contribution in [0.15, 0.2) is 71.9 Å². The van der Waals surface area contributed by atoms with Gasteiger partial charge < -0.3 is 24.0 Å². The Morgan fingerprint density at radius 1 is 1.09 bits per heavy atom. The number of nitrogens with zero attached hydrogens (tertiary/aromatic N) is 3. The summed E-state index contributed by atoms with van der Waals surface area (Å²) in [6.45, 7) is 4.64. The zero-order valence-electron chi connectivity index (χ0n) is 25.0. The molecule has 2 aromatic carbocycles. The zero-order chi connectivity index (χ0) is 31.1. The van der Waals surface area contributed by atoms with E-state index in [1.54, 1.807) is 55.7 Å². The second-order valence-electron chi connectivity index (χ2n) is 10.7. The van der Waals surface area contributed by atoms with Crippen molar-refractivity contribution in [2.24, 2.45) is 5.92 Å². The van der Waals surface area contributed by atoms with Gasteiger partial charge in [-0.3, -0.25) is 19.3 Å². The standard InChI is InChI=1S/C31H38N4O7S/c1-21-18-35(30(36)14-23-8-7-13-32-17-23)22(2)20-42-28-12-11-24(15-27(28)31(37)34(3)19-29(21)41-5)33-43(38,39)26-10-6-9-25(16-26)40-4/h6-13,15-17,21-22,29,33H,14,18-20H2,1-5H3/t21-,22+,29-/m1/s1.